The molecule has 0 aromatic heterocycles. The van der Waals surface area contributed by atoms with E-state index in [0.29, 0.717) is 24.0 Å². The van der Waals surface area contributed by atoms with E-state index in [1.54, 1.807) is 0 Å². The number of anilines is 1. The van der Waals surface area contributed by atoms with Crippen molar-refractivity contribution in [3.8, 4) is 11.5 Å². The van der Waals surface area contributed by atoms with Crippen molar-refractivity contribution in [2.24, 2.45) is 5.92 Å². The van der Waals surface area contributed by atoms with Gasteiger partial charge in [0.2, 0.25) is 0 Å². The van der Waals surface area contributed by atoms with Gasteiger partial charge in [-0.3, -0.25) is 4.79 Å². The average Bonchev–Trinajstić information content (AvgIpc) is 2.46. The fraction of sp³-hybridized carbons (Fsp3) is 0.500. The Balaban J connectivity index is 0.00000147. The van der Waals surface area contributed by atoms with Crippen LogP contribution in [0.1, 0.15) is 12.8 Å². The van der Waals surface area contributed by atoms with Crippen LogP contribution in [-0.4, -0.2) is 32.2 Å². The summed E-state index contributed by atoms with van der Waals surface area (Å²) in [6.45, 7) is 2.92. The lowest BCUT2D eigenvalue weighted by Crippen LogP contribution is -2.33. The van der Waals surface area contributed by atoms with E-state index < -0.39 is 0 Å². The van der Waals surface area contributed by atoms with E-state index in [9.17, 15) is 4.79 Å². The summed E-state index contributed by atoms with van der Waals surface area (Å²) in [5.41, 5.74) is 0.690. The van der Waals surface area contributed by atoms with Crippen molar-refractivity contribution in [3.63, 3.8) is 0 Å². The number of nitrogens with one attached hydrogen (secondary N) is 2. The Hall–Kier alpha value is -1.46. The molecule has 0 saturated carbocycles. The van der Waals surface area contributed by atoms with Crippen LogP contribution >= 0.6 is 12.4 Å². The molecule has 1 unspecified atom stereocenters. The Kier molecular flexibility index (Phi) is 5.09. The van der Waals surface area contributed by atoms with Crippen LogP contribution in [0.25, 0.3) is 0 Å². The van der Waals surface area contributed by atoms with Crippen molar-refractivity contribution in [1.82, 2.24) is 5.32 Å². The van der Waals surface area contributed by atoms with Crippen LogP contribution in [0.5, 0.6) is 11.5 Å². The number of piperidine rings is 1. The molecule has 2 heterocycles. The molecular formula is C14H19ClN2O3. The number of ether oxygens (including phenoxy) is 2. The van der Waals surface area contributed by atoms with E-state index in [4.69, 9.17) is 9.47 Å². The number of fused-ring (bicyclic) bond motifs is 1. The molecule has 1 atom stereocenters. The number of halogens is 1. The molecule has 1 amide bonds. The highest BCUT2D eigenvalue weighted by molar-refractivity contribution is 5.95. The number of amides is 1. The first kappa shape index (κ1) is 14.9. The second kappa shape index (κ2) is 6.81. The Morgan fingerprint density at radius 3 is 3.10 bits per heavy atom. The first-order valence-electron chi connectivity index (χ1n) is 6.71. The third-order valence-corrected chi connectivity index (χ3v) is 3.47. The van der Waals surface area contributed by atoms with Gasteiger partial charge in [-0.15, -0.1) is 12.4 Å². The van der Waals surface area contributed by atoms with Crippen LogP contribution in [0, 0.1) is 5.92 Å². The zero-order valence-electron chi connectivity index (χ0n) is 11.2. The summed E-state index contributed by atoms with van der Waals surface area (Å²) in [4.78, 5) is 11.3. The van der Waals surface area contributed by atoms with Gasteiger partial charge >= 0.3 is 0 Å². The molecule has 0 aliphatic carbocycles. The monoisotopic (exact) mass is 298 g/mol. The third-order valence-electron chi connectivity index (χ3n) is 3.47. The van der Waals surface area contributed by atoms with Crippen molar-refractivity contribution in [2.75, 3.05) is 31.6 Å². The molecule has 1 fully saturated rings. The van der Waals surface area contributed by atoms with E-state index in [1.807, 2.05) is 18.2 Å². The number of rotatable bonds is 3. The summed E-state index contributed by atoms with van der Waals surface area (Å²) in [6, 6.07) is 5.54. The second-order valence-electron chi connectivity index (χ2n) is 5.02. The molecule has 20 heavy (non-hydrogen) atoms. The van der Waals surface area contributed by atoms with Gasteiger partial charge in [-0.25, -0.2) is 0 Å². The average molecular weight is 299 g/mol. The van der Waals surface area contributed by atoms with Crippen molar-refractivity contribution in [2.45, 2.75) is 12.8 Å². The molecule has 110 valence electrons. The van der Waals surface area contributed by atoms with Crippen LogP contribution in [0.2, 0.25) is 0 Å². The molecule has 3 rings (SSSR count). The molecule has 0 bridgehead atoms. The Morgan fingerprint density at radius 2 is 2.30 bits per heavy atom. The van der Waals surface area contributed by atoms with E-state index in [2.05, 4.69) is 10.6 Å². The number of hydrogen-bond acceptors (Lipinski definition) is 4. The largest absolute Gasteiger partial charge is 0.493 e. The van der Waals surface area contributed by atoms with Crippen LogP contribution < -0.4 is 20.1 Å². The molecule has 2 aliphatic heterocycles. The minimum atomic E-state index is -0.124. The second-order valence-corrected chi connectivity index (χ2v) is 5.02. The minimum Gasteiger partial charge on any atom is -0.493 e. The SMILES string of the molecule is Cl.O=C1COc2ccc(OCC3CCCNC3)cc2N1. The molecule has 2 N–H and O–H groups in total. The molecule has 5 nitrogen and oxygen atoms in total. The van der Waals surface area contributed by atoms with Gasteiger partial charge in [0.05, 0.1) is 12.3 Å². The predicted octanol–water partition coefficient (Wildman–Crippen LogP) is 1.82. The zero-order chi connectivity index (χ0) is 13.1. The molecule has 0 radical (unpaired) electrons. The quantitative estimate of drug-likeness (QED) is 0.894. The zero-order valence-corrected chi connectivity index (χ0v) is 12.0. The van der Waals surface area contributed by atoms with E-state index in [1.165, 1.54) is 12.8 Å². The molecule has 2 aliphatic rings. The summed E-state index contributed by atoms with van der Waals surface area (Å²) in [7, 11) is 0. The molecule has 0 spiro atoms. The van der Waals surface area contributed by atoms with Gasteiger partial charge < -0.3 is 20.1 Å². The highest BCUT2D eigenvalue weighted by Gasteiger charge is 2.17. The lowest BCUT2D eigenvalue weighted by Gasteiger charge is -2.23. The Bertz CT molecular complexity index is 475. The van der Waals surface area contributed by atoms with Crippen molar-refractivity contribution < 1.29 is 14.3 Å². The first-order valence-corrected chi connectivity index (χ1v) is 6.71. The van der Waals surface area contributed by atoms with Gasteiger partial charge in [0.15, 0.2) is 6.61 Å². The van der Waals surface area contributed by atoms with Crippen molar-refractivity contribution in [1.29, 1.82) is 0 Å². The number of benzene rings is 1. The van der Waals surface area contributed by atoms with Crippen LogP contribution in [-0.2, 0) is 4.79 Å². The summed E-state index contributed by atoms with van der Waals surface area (Å²) in [5.74, 6) is 1.91. The summed E-state index contributed by atoms with van der Waals surface area (Å²) < 4.78 is 11.1. The maximum atomic E-state index is 11.3. The van der Waals surface area contributed by atoms with Gasteiger partial charge in [-0.2, -0.15) is 0 Å². The molecular weight excluding hydrogens is 280 g/mol. The number of carbonyl (C=O) groups is 1. The minimum absolute atomic E-state index is 0. The maximum Gasteiger partial charge on any atom is 0.262 e. The highest BCUT2D eigenvalue weighted by atomic mass is 35.5. The van der Waals surface area contributed by atoms with Crippen LogP contribution in [0.4, 0.5) is 5.69 Å². The van der Waals surface area contributed by atoms with E-state index >= 15 is 0 Å². The fourth-order valence-electron chi connectivity index (χ4n) is 2.43. The van der Waals surface area contributed by atoms with E-state index in [0.717, 1.165) is 18.8 Å². The fourth-order valence-corrected chi connectivity index (χ4v) is 2.43. The van der Waals surface area contributed by atoms with Gasteiger partial charge in [0.25, 0.3) is 5.91 Å². The lowest BCUT2D eigenvalue weighted by molar-refractivity contribution is -0.118. The molecule has 1 aromatic rings. The topological polar surface area (TPSA) is 59.6 Å². The van der Waals surface area contributed by atoms with Crippen LogP contribution in [0.3, 0.4) is 0 Å². The molecule has 6 heteroatoms. The maximum absolute atomic E-state index is 11.3. The van der Waals surface area contributed by atoms with Crippen molar-refractivity contribution in [3.05, 3.63) is 18.2 Å². The molecule has 1 saturated heterocycles. The summed E-state index contributed by atoms with van der Waals surface area (Å²) in [6.07, 6.45) is 2.42. The normalized spacial score (nSPS) is 21.0. The first-order chi connectivity index (χ1) is 9.31. The van der Waals surface area contributed by atoms with Gasteiger partial charge in [0, 0.05) is 18.5 Å². The Labute approximate surface area is 124 Å². The standard InChI is InChI=1S/C14H18N2O3.ClH/c17-14-9-19-13-4-3-11(6-12(13)16-14)18-8-10-2-1-5-15-7-10;/h3-4,6,10,15H,1-2,5,7-9H2,(H,16,17);1H. The number of carbonyl (C=O) groups excluding carboxylic acids is 1. The highest BCUT2D eigenvalue weighted by Crippen LogP contribution is 2.31. The molecule has 1 aromatic carbocycles. The van der Waals surface area contributed by atoms with Gasteiger partial charge in [-0.1, -0.05) is 0 Å². The van der Waals surface area contributed by atoms with E-state index in [-0.39, 0.29) is 24.9 Å². The lowest BCUT2D eigenvalue weighted by atomic mass is 10.0. The van der Waals surface area contributed by atoms with Crippen LogP contribution in [0.15, 0.2) is 18.2 Å². The van der Waals surface area contributed by atoms with Crippen molar-refractivity contribution >= 4 is 24.0 Å². The smallest absolute Gasteiger partial charge is 0.262 e. The summed E-state index contributed by atoms with van der Waals surface area (Å²) >= 11 is 0. The third kappa shape index (κ3) is 3.55. The van der Waals surface area contributed by atoms with Gasteiger partial charge in [-0.05, 0) is 31.5 Å². The predicted molar refractivity (Wildman–Crippen MR) is 78.9 cm³/mol. The van der Waals surface area contributed by atoms with Gasteiger partial charge in [0.1, 0.15) is 11.5 Å². The Morgan fingerprint density at radius 1 is 1.40 bits per heavy atom. The summed E-state index contributed by atoms with van der Waals surface area (Å²) in [5, 5.41) is 6.15. The number of hydrogen-bond donors (Lipinski definition) is 2.